The van der Waals surface area contributed by atoms with E-state index < -0.39 is 0 Å². The molecule has 21 heavy (non-hydrogen) atoms. The highest BCUT2D eigenvalue weighted by Gasteiger charge is 2.38. The Morgan fingerprint density at radius 2 is 1.95 bits per heavy atom. The van der Waals surface area contributed by atoms with Crippen LogP contribution in [0.4, 0.5) is 4.79 Å². The van der Waals surface area contributed by atoms with Crippen molar-refractivity contribution >= 4 is 11.9 Å². The summed E-state index contributed by atoms with van der Waals surface area (Å²) >= 11 is 0. The van der Waals surface area contributed by atoms with Crippen LogP contribution in [-0.4, -0.2) is 29.4 Å². The molecule has 114 valence electrons. The van der Waals surface area contributed by atoms with Crippen molar-refractivity contribution < 1.29 is 14.3 Å². The Bertz CT molecular complexity index is 505. The molecule has 0 saturated carbocycles. The maximum Gasteiger partial charge on any atom is 0.410 e. The van der Waals surface area contributed by atoms with Crippen LogP contribution in [0.15, 0.2) is 30.3 Å². The van der Waals surface area contributed by atoms with Crippen molar-refractivity contribution in [2.75, 3.05) is 6.54 Å². The third-order valence-corrected chi connectivity index (χ3v) is 3.87. The van der Waals surface area contributed by atoms with Crippen molar-refractivity contribution in [1.82, 2.24) is 4.90 Å². The molecular weight excluding hydrogens is 266 g/mol. The average Bonchev–Trinajstić information content (AvgIpc) is 2.45. The van der Waals surface area contributed by atoms with Gasteiger partial charge in [-0.15, -0.1) is 0 Å². The smallest absolute Gasteiger partial charge is 0.410 e. The van der Waals surface area contributed by atoms with E-state index in [4.69, 9.17) is 4.74 Å². The fourth-order valence-electron chi connectivity index (χ4n) is 2.62. The maximum atomic E-state index is 12.3. The van der Waals surface area contributed by atoms with Crippen molar-refractivity contribution in [3.63, 3.8) is 0 Å². The zero-order valence-corrected chi connectivity index (χ0v) is 13.0. The highest BCUT2D eigenvalue weighted by atomic mass is 16.6. The first-order valence-corrected chi connectivity index (χ1v) is 7.37. The van der Waals surface area contributed by atoms with Crippen molar-refractivity contribution in [1.29, 1.82) is 0 Å². The predicted molar refractivity (Wildman–Crippen MR) is 80.8 cm³/mol. The van der Waals surface area contributed by atoms with Crippen LogP contribution < -0.4 is 0 Å². The minimum absolute atomic E-state index is 0.0953. The van der Waals surface area contributed by atoms with Crippen LogP contribution in [-0.2, 0) is 16.1 Å². The number of carbonyl (C=O) groups is 2. The molecule has 0 aromatic heterocycles. The topological polar surface area (TPSA) is 46.6 Å². The largest absolute Gasteiger partial charge is 0.445 e. The van der Waals surface area contributed by atoms with E-state index in [1.54, 1.807) is 4.90 Å². The first-order valence-electron chi connectivity index (χ1n) is 7.37. The van der Waals surface area contributed by atoms with Crippen LogP contribution in [0, 0.1) is 5.41 Å². The van der Waals surface area contributed by atoms with Gasteiger partial charge in [-0.05, 0) is 11.0 Å². The van der Waals surface area contributed by atoms with Crippen LogP contribution in [0.5, 0.6) is 0 Å². The number of ether oxygens (including phenoxy) is 1. The van der Waals surface area contributed by atoms with Gasteiger partial charge in [0.1, 0.15) is 12.4 Å². The quantitative estimate of drug-likeness (QED) is 0.838. The molecule has 0 radical (unpaired) electrons. The fraction of sp³-hybridized carbons (Fsp3) is 0.529. The average molecular weight is 289 g/mol. The lowest BCUT2D eigenvalue weighted by Gasteiger charge is -2.41. The fourth-order valence-corrected chi connectivity index (χ4v) is 2.62. The number of hydrogen-bond donors (Lipinski definition) is 0. The molecule has 0 aliphatic carbocycles. The molecule has 1 aromatic rings. The van der Waals surface area contributed by atoms with Crippen LogP contribution in [0.2, 0.25) is 0 Å². The Kier molecular flexibility index (Phi) is 4.66. The van der Waals surface area contributed by atoms with Gasteiger partial charge >= 0.3 is 6.09 Å². The minimum Gasteiger partial charge on any atom is -0.445 e. The number of ketones is 1. The second-order valence-electron chi connectivity index (χ2n) is 6.61. The summed E-state index contributed by atoms with van der Waals surface area (Å²) in [6, 6.07) is 9.52. The SMILES string of the molecule is CC(C)(C)[C@@H]1CC(=O)CCN1C(=O)OCc1ccccc1. The minimum atomic E-state index is -0.328. The molecule has 2 rings (SSSR count). The third kappa shape index (κ3) is 4.06. The van der Waals surface area contributed by atoms with Gasteiger partial charge < -0.3 is 9.64 Å². The monoisotopic (exact) mass is 289 g/mol. The molecule has 1 aliphatic rings. The Morgan fingerprint density at radius 3 is 2.57 bits per heavy atom. The van der Waals surface area contributed by atoms with Crippen molar-refractivity contribution in [2.24, 2.45) is 5.41 Å². The number of likely N-dealkylation sites (tertiary alicyclic amines) is 1. The number of amides is 1. The van der Waals surface area contributed by atoms with Gasteiger partial charge in [0, 0.05) is 25.4 Å². The molecular formula is C17H23NO3. The van der Waals surface area contributed by atoms with E-state index >= 15 is 0 Å². The van der Waals surface area contributed by atoms with E-state index in [0.29, 0.717) is 19.4 Å². The highest BCUT2D eigenvalue weighted by molar-refractivity contribution is 5.82. The van der Waals surface area contributed by atoms with Crippen molar-refractivity contribution in [3.05, 3.63) is 35.9 Å². The number of rotatable bonds is 2. The Balaban J connectivity index is 2.01. The first kappa shape index (κ1) is 15.5. The van der Waals surface area contributed by atoms with E-state index in [0.717, 1.165) is 5.56 Å². The number of piperidine rings is 1. The maximum absolute atomic E-state index is 12.3. The molecule has 1 aromatic carbocycles. The normalized spacial score (nSPS) is 19.5. The number of carbonyl (C=O) groups excluding carboxylic acids is 2. The van der Waals surface area contributed by atoms with E-state index in [-0.39, 0.29) is 29.9 Å². The molecule has 1 amide bonds. The lowest BCUT2D eigenvalue weighted by molar-refractivity contribution is -0.124. The summed E-state index contributed by atoms with van der Waals surface area (Å²) in [6.07, 6.45) is 0.517. The van der Waals surface area contributed by atoms with Crippen LogP contribution in [0.1, 0.15) is 39.2 Å². The lowest BCUT2D eigenvalue weighted by atomic mass is 9.80. The molecule has 0 spiro atoms. The zero-order valence-electron chi connectivity index (χ0n) is 13.0. The van der Waals surface area contributed by atoms with Gasteiger partial charge in [-0.3, -0.25) is 4.79 Å². The first-order chi connectivity index (χ1) is 9.88. The molecule has 1 fully saturated rings. The van der Waals surface area contributed by atoms with Crippen LogP contribution in [0.25, 0.3) is 0 Å². The second kappa shape index (κ2) is 6.29. The van der Waals surface area contributed by atoms with Gasteiger partial charge in [0.2, 0.25) is 0 Å². The number of hydrogen-bond acceptors (Lipinski definition) is 3. The number of benzene rings is 1. The van der Waals surface area contributed by atoms with Gasteiger partial charge in [0.05, 0.1) is 0 Å². The zero-order chi connectivity index (χ0) is 15.5. The molecule has 1 aliphatic heterocycles. The second-order valence-corrected chi connectivity index (χ2v) is 6.61. The van der Waals surface area contributed by atoms with Crippen molar-refractivity contribution in [2.45, 2.75) is 46.3 Å². The van der Waals surface area contributed by atoms with E-state index in [1.807, 2.05) is 51.1 Å². The van der Waals surface area contributed by atoms with Crippen molar-refractivity contribution in [3.8, 4) is 0 Å². The summed E-state index contributed by atoms with van der Waals surface area (Å²) in [6.45, 7) is 6.87. The molecule has 0 N–H and O–H groups in total. The van der Waals surface area contributed by atoms with Crippen LogP contribution in [0.3, 0.4) is 0 Å². The highest BCUT2D eigenvalue weighted by Crippen LogP contribution is 2.31. The molecule has 0 unspecified atom stereocenters. The molecule has 0 bridgehead atoms. The van der Waals surface area contributed by atoms with E-state index in [1.165, 1.54) is 0 Å². The third-order valence-electron chi connectivity index (χ3n) is 3.87. The van der Waals surface area contributed by atoms with Gasteiger partial charge in [-0.1, -0.05) is 51.1 Å². The standard InChI is InChI=1S/C17H23NO3/c1-17(2,3)15-11-14(19)9-10-18(15)16(20)21-12-13-7-5-4-6-8-13/h4-8,15H,9-12H2,1-3H3/t15-/m0/s1. The molecule has 1 saturated heterocycles. The van der Waals surface area contributed by atoms with Crippen LogP contribution >= 0.6 is 0 Å². The number of nitrogens with zero attached hydrogens (tertiary/aromatic N) is 1. The van der Waals surface area contributed by atoms with Gasteiger partial charge in [-0.25, -0.2) is 4.79 Å². The van der Waals surface area contributed by atoms with E-state index in [9.17, 15) is 9.59 Å². The van der Waals surface area contributed by atoms with Gasteiger partial charge in [-0.2, -0.15) is 0 Å². The molecule has 4 heteroatoms. The summed E-state index contributed by atoms with van der Waals surface area (Å²) in [5.41, 5.74) is 0.827. The summed E-state index contributed by atoms with van der Waals surface area (Å²) < 4.78 is 5.40. The Hall–Kier alpha value is -1.84. The lowest BCUT2D eigenvalue weighted by Crippen LogP contribution is -2.52. The Morgan fingerprint density at radius 1 is 1.29 bits per heavy atom. The molecule has 4 nitrogen and oxygen atoms in total. The Labute approximate surface area is 126 Å². The van der Waals surface area contributed by atoms with Gasteiger partial charge in [0.15, 0.2) is 0 Å². The van der Waals surface area contributed by atoms with Gasteiger partial charge in [0.25, 0.3) is 0 Å². The van der Waals surface area contributed by atoms with E-state index in [2.05, 4.69) is 0 Å². The summed E-state index contributed by atoms with van der Waals surface area (Å²) in [5, 5.41) is 0. The summed E-state index contributed by atoms with van der Waals surface area (Å²) in [4.78, 5) is 25.7. The summed E-state index contributed by atoms with van der Waals surface area (Å²) in [5.74, 6) is 0.224. The predicted octanol–water partition coefficient (Wildman–Crippen LogP) is 3.40. The summed E-state index contributed by atoms with van der Waals surface area (Å²) in [7, 11) is 0. The molecule has 1 heterocycles. The molecule has 1 atom stereocenters. The number of Topliss-reactive ketones (excluding diaryl/α,β-unsaturated/α-hetero) is 1.